The summed E-state index contributed by atoms with van der Waals surface area (Å²) >= 11 is 0. The number of aromatic nitrogens is 2. The van der Waals surface area contributed by atoms with Gasteiger partial charge >= 0.3 is 6.18 Å². The number of rotatable bonds is 3. The number of benzene rings is 1. The van der Waals surface area contributed by atoms with Crippen LogP contribution in [0.2, 0.25) is 0 Å². The predicted molar refractivity (Wildman–Crippen MR) is 61.3 cm³/mol. The molecule has 0 saturated heterocycles. The first-order chi connectivity index (χ1) is 9.77. The zero-order chi connectivity index (χ0) is 15.6. The number of hydrazine groups is 1. The lowest BCUT2D eigenvalue weighted by molar-refractivity contribution is -0.145. The summed E-state index contributed by atoms with van der Waals surface area (Å²) in [6, 6.07) is 3.10. The van der Waals surface area contributed by atoms with Crippen LogP contribution in [0.5, 0.6) is 11.6 Å². The molecule has 112 valence electrons. The fourth-order valence-corrected chi connectivity index (χ4v) is 1.39. The van der Waals surface area contributed by atoms with Crippen molar-refractivity contribution in [3.05, 3.63) is 41.7 Å². The summed E-state index contributed by atoms with van der Waals surface area (Å²) in [4.78, 5) is 6.21. The van der Waals surface area contributed by atoms with E-state index in [1.165, 1.54) is 0 Å². The van der Waals surface area contributed by atoms with Crippen LogP contribution < -0.4 is 16.0 Å². The van der Waals surface area contributed by atoms with Crippen LogP contribution in [0.25, 0.3) is 0 Å². The van der Waals surface area contributed by atoms with Crippen molar-refractivity contribution in [2.24, 2.45) is 5.84 Å². The fourth-order valence-electron chi connectivity index (χ4n) is 1.39. The van der Waals surface area contributed by atoms with Gasteiger partial charge in [0.15, 0.2) is 0 Å². The van der Waals surface area contributed by atoms with Gasteiger partial charge < -0.3 is 10.2 Å². The highest BCUT2D eigenvalue weighted by atomic mass is 19.4. The second-order valence-corrected chi connectivity index (χ2v) is 3.76. The number of hydrogen-bond acceptors (Lipinski definition) is 5. The van der Waals surface area contributed by atoms with Crippen molar-refractivity contribution >= 4 is 5.82 Å². The number of nitrogen functional groups attached to an aromatic ring is 1. The maximum Gasteiger partial charge on any atom is 0.451 e. The van der Waals surface area contributed by atoms with Crippen molar-refractivity contribution < 1.29 is 26.7 Å². The van der Waals surface area contributed by atoms with Crippen LogP contribution >= 0.6 is 0 Å². The van der Waals surface area contributed by atoms with Gasteiger partial charge in [-0.05, 0) is 0 Å². The highest BCUT2D eigenvalue weighted by molar-refractivity contribution is 5.39. The van der Waals surface area contributed by atoms with E-state index in [1.807, 2.05) is 5.43 Å². The second kappa shape index (κ2) is 5.48. The summed E-state index contributed by atoms with van der Waals surface area (Å²) in [6.07, 6.45) is -4.84. The minimum absolute atomic E-state index is 0.359. The molecule has 0 radical (unpaired) electrons. The summed E-state index contributed by atoms with van der Waals surface area (Å²) in [5, 5.41) is 0. The predicted octanol–water partition coefficient (Wildman–Crippen LogP) is 2.85. The van der Waals surface area contributed by atoms with E-state index in [9.17, 15) is 22.0 Å². The minimum atomic E-state index is -4.84. The maximum absolute atomic E-state index is 13.0. The summed E-state index contributed by atoms with van der Waals surface area (Å²) < 4.78 is 68.6. The number of alkyl halides is 3. The smallest absolute Gasteiger partial charge is 0.439 e. The molecule has 0 amide bonds. The van der Waals surface area contributed by atoms with Gasteiger partial charge in [-0.25, -0.2) is 19.6 Å². The van der Waals surface area contributed by atoms with E-state index in [-0.39, 0.29) is 11.6 Å². The van der Waals surface area contributed by atoms with Crippen molar-refractivity contribution in [2.45, 2.75) is 6.18 Å². The molecule has 0 bridgehead atoms. The monoisotopic (exact) mass is 306 g/mol. The highest BCUT2D eigenvalue weighted by Crippen LogP contribution is 2.30. The molecule has 0 saturated carbocycles. The van der Waals surface area contributed by atoms with Gasteiger partial charge in [0.25, 0.3) is 0 Å². The molecule has 0 atom stereocenters. The molecule has 10 heteroatoms. The third kappa shape index (κ3) is 3.75. The average Bonchev–Trinajstić information content (AvgIpc) is 2.36. The van der Waals surface area contributed by atoms with Crippen LogP contribution in [0.15, 0.2) is 24.3 Å². The van der Waals surface area contributed by atoms with Gasteiger partial charge in [-0.15, -0.1) is 0 Å². The first-order valence-corrected chi connectivity index (χ1v) is 5.35. The lowest BCUT2D eigenvalue weighted by Crippen LogP contribution is -2.16. The molecule has 1 aromatic heterocycles. The molecule has 1 aromatic carbocycles. The van der Waals surface area contributed by atoms with Gasteiger partial charge in [0.05, 0.1) is 0 Å². The van der Waals surface area contributed by atoms with Crippen LogP contribution in [-0.2, 0) is 6.18 Å². The topological polar surface area (TPSA) is 73.1 Å². The number of nitrogens with two attached hydrogens (primary N) is 1. The second-order valence-electron chi connectivity index (χ2n) is 3.76. The summed E-state index contributed by atoms with van der Waals surface area (Å²) in [5.74, 6) is 0.273. The molecule has 0 fully saturated rings. The molecular formula is C11H7F5N4O. The molecule has 2 rings (SSSR count). The Morgan fingerprint density at radius 2 is 1.62 bits per heavy atom. The van der Waals surface area contributed by atoms with E-state index in [4.69, 9.17) is 10.6 Å². The van der Waals surface area contributed by atoms with E-state index in [2.05, 4.69) is 9.97 Å². The Bertz CT molecular complexity index is 641. The molecule has 3 N–H and O–H groups in total. The van der Waals surface area contributed by atoms with E-state index in [1.54, 1.807) is 0 Å². The Balaban J connectivity index is 2.39. The van der Waals surface area contributed by atoms with Crippen molar-refractivity contribution in [3.8, 4) is 11.6 Å². The number of nitrogens with zero attached hydrogens (tertiary/aromatic N) is 2. The van der Waals surface area contributed by atoms with E-state index >= 15 is 0 Å². The van der Waals surface area contributed by atoms with Gasteiger partial charge in [0.1, 0.15) is 23.2 Å². The number of halogens is 5. The van der Waals surface area contributed by atoms with Crippen molar-refractivity contribution in [2.75, 3.05) is 5.43 Å². The maximum atomic E-state index is 13.0. The normalized spacial score (nSPS) is 11.3. The van der Waals surface area contributed by atoms with Gasteiger partial charge in [-0.2, -0.15) is 18.2 Å². The molecule has 0 aliphatic heterocycles. The first kappa shape index (κ1) is 14.9. The molecule has 0 unspecified atom stereocenters. The Morgan fingerprint density at radius 3 is 2.14 bits per heavy atom. The Morgan fingerprint density at radius 1 is 1.00 bits per heavy atom. The first-order valence-electron chi connectivity index (χ1n) is 5.35. The van der Waals surface area contributed by atoms with Crippen LogP contribution in [0.3, 0.4) is 0 Å². The van der Waals surface area contributed by atoms with Crippen molar-refractivity contribution in [1.82, 2.24) is 9.97 Å². The van der Waals surface area contributed by atoms with Gasteiger partial charge in [-0.3, -0.25) is 0 Å². The Labute approximate surface area is 114 Å². The number of hydrogen-bond donors (Lipinski definition) is 2. The van der Waals surface area contributed by atoms with Crippen LogP contribution in [0.4, 0.5) is 27.8 Å². The lowest BCUT2D eigenvalue weighted by Gasteiger charge is -2.10. The van der Waals surface area contributed by atoms with Gasteiger partial charge in [-0.1, -0.05) is 0 Å². The third-order valence-corrected chi connectivity index (χ3v) is 2.16. The van der Waals surface area contributed by atoms with E-state index in [0.29, 0.717) is 6.07 Å². The van der Waals surface area contributed by atoms with E-state index < -0.39 is 29.5 Å². The Kier molecular flexibility index (Phi) is 3.89. The molecule has 0 aliphatic carbocycles. The molecule has 2 aromatic rings. The number of nitrogens with one attached hydrogen (secondary N) is 1. The van der Waals surface area contributed by atoms with Crippen molar-refractivity contribution in [1.29, 1.82) is 0 Å². The molecular weight excluding hydrogens is 299 g/mol. The molecule has 0 aliphatic rings. The quantitative estimate of drug-likeness (QED) is 0.518. The largest absolute Gasteiger partial charge is 0.451 e. The van der Waals surface area contributed by atoms with Crippen LogP contribution in [0.1, 0.15) is 5.82 Å². The van der Waals surface area contributed by atoms with Gasteiger partial charge in [0.2, 0.25) is 11.7 Å². The van der Waals surface area contributed by atoms with E-state index in [0.717, 1.165) is 18.2 Å². The SMILES string of the molecule is NNc1cc(Oc2cc(F)cc(F)c2)nc(C(F)(F)F)n1. The summed E-state index contributed by atoms with van der Waals surface area (Å²) in [5.41, 5.74) is 1.91. The minimum Gasteiger partial charge on any atom is -0.439 e. The zero-order valence-corrected chi connectivity index (χ0v) is 10.1. The fraction of sp³-hybridized carbons (Fsp3) is 0.0909. The highest BCUT2D eigenvalue weighted by Gasteiger charge is 2.35. The van der Waals surface area contributed by atoms with Crippen LogP contribution in [-0.4, -0.2) is 9.97 Å². The number of ether oxygens (including phenoxy) is 1. The summed E-state index contributed by atoms with van der Waals surface area (Å²) in [7, 11) is 0. The molecule has 1 heterocycles. The zero-order valence-electron chi connectivity index (χ0n) is 10.1. The standard InChI is InChI=1S/C11H7F5N4O/c12-5-1-6(13)3-7(2-5)21-9-4-8(20-17)18-10(19-9)11(14,15)16/h1-4H,17H2,(H,18,19,20). The molecule has 0 spiro atoms. The molecule has 21 heavy (non-hydrogen) atoms. The third-order valence-electron chi connectivity index (χ3n) is 2.16. The molecule has 5 nitrogen and oxygen atoms in total. The Hall–Kier alpha value is -2.49. The van der Waals surface area contributed by atoms with Gasteiger partial charge in [0, 0.05) is 24.3 Å². The lowest BCUT2D eigenvalue weighted by atomic mass is 10.3. The van der Waals surface area contributed by atoms with Crippen molar-refractivity contribution in [3.63, 3.8) is 0 Å². The number of anilines is 1. The van der Waals surface area contributed by atoms with Crippen LogP contribution in [0, 0.1) is 11.6 Å². The average molecular weight is 306 g/mol. The summed E-state index contributed by atoms with van der Waals surface area (Å²) in [6.45, 7) is 0.